The fourth-order valence-corrected chi connectivity index (χ4v) is 7.20. The van der Waals surface area contributed by atoms with Gasteiger partial charge in [0.2, 0.25) is 0 Å². The highest BCUT2D eigenvalue weighted by atomic mass is 16.5. The predicted molar refractivity (Wildman–Crippen MR) is 127 cm³/mol. The highest BCUT2D eigenvalue weighted by Gasteiger charge is 2.59. The van der Waals surface area contributed by atoms with Gasteiger partial charge in [-0.15, -0.1) is 0 Å². The van der Waals surface area contributed by atoms with Crippen molar-refractivity contribution in [1.29, 1.82) is 0 Å². The van der Waals surface area contributed by atoms with E-state index in [0.29, 0.717) is 18.9 Å². The Kier molecular flexibility index (Phi) is 4.96. The van der Waals surface area contributed by atoms with Gasteiger partial charge in [-0.3, -0.25) is 9.78 Å². The summed E-state index contributed by atoms with van der Waals surface area (Å²) in [7, 11) is 1.84. The average Bonchev–Trinajstić information content (AvgIpc) is 3.15. The Labute approximate surface area is 195 Å². The Hall–Kier alpha value is -2.50. The maximum Gasteiger partial charge on any atom is 0.166 e. The standard InChI is InChI=1S/C28H32N2O3/c1-28-8-6-17-12-21-23(31)10-16(14-29)11-24(21)33-27(17)22(28)13-25(32-2)26(28)20-5-3-4-18-15-30-9-7-19(18)20/h3-5,7,9,12,15-16,22,25-27H,6,8,10-11,13-14,29H2,1-2H3/t16?,22-,25+,26-,27+,28-/m0/s1. The molecule has 2 saturated carbocycles. The Morgan fingerprint density at radius 1 is 1.27 bits per heavy atom. The first-order valence-corrected chi connectivity index (χ1v) is 12.2. The lowest BCUT2D eigenvalue weighted by Crippen LogP contribution is -2.44. The van der Waals surface area contributed by atoms with Gasteiger partial charge in [0.05, 0.1) is 11.7 Å². The zero-order valence-electron chi connectivity index (χ0n) is 19.4. The summed E-state index contributed by atoms with van der Waals surface area (Å²) in [6, 6.07) is 8.69. The van der Waals surface area contributed by atoms with Crippen LogP contribution in [-0.4, -0.2) is 36.6 Å². The van der Waals surface area contributed by atoms with Crippen molar-refractivity contribution >= 4 is 16.6 Å². The highest BCUT2D eigenvalue weighted by Crippen LogP contribution is 2.63. The van der Waals surface area contributed by atoms with Crippen molar-refractivity contribution in [2.24, 2.45) is 23.0 Å². The normalized spacial score (nSPS) is 35.5. The fourth-order valence-electron chi connectivity index (χ4n) is 7.20. The van der Waals surface area contributed by atoms with E-state index in [4.69, 9.17) is 15.2 Å². The number of benzene rings is 1. The molecule has 1 aromatic carbocycles. The topological polar surface area (TPSA) is 74.4 Å². The summed E-state index contributed by atoms with van der Waals surface area (Å²) >= 11 is 0. The summed E-state index contributed by atoms with van der Waals surface area (Å²) in [5.41, 5.74) is 9.41. The molecule has 172 valence electrons. The SMILES string of the molecule is CO[C@@H]1C[C@H]2[C@@H]3OC4=C(C=C3CC[C@]2(C)[C@H]1c1cccc2cnccc12)C(=O)CC(CN)C4. The lowest BCUT2D eigenvalue weighted by molar-refractivity contribution is -0.117. The number of ketones is 1. The first-order chi connectivity index (χ1) is 16.0. The van der Waals surface area contributed by atoms with Crippen LogP contribution in [0.5, 0.6) is 0 Å². The van der Waals surface area contributed by atoms with Crippen LogP contribution >= 0.6 is 0 Å². The first-order valence-electron chi connectivity index (χ1n) is 12.2. The molecular formula is C28H32N2O3. The van der Waals surface area contributed by atoms with E-state index in [1.165, 1.54) is 21.9 Å². The van der Waals surface area contributed by atoms with Crippen LogP contribution in [0.1, 0.15) is 50.5 Å². The van der Waals surface area contributed by atoms with E-state index >= 15 is 0 Å². The Bertz CT molecular complexity index is 1180. The van der Waals surface area contributed by atoms with E-state index in [-0.39, 0.29) is 35.2 Å². The second-order valence-electron chi connectivity index (χ2n) is 10.6. The predicted octanol–water partition coefficient (Wildman–Crippen LogP) is 4.67. The molecule has 5 heteroatoms. The van der Waals surface area contributed by atoms with Crippen molar-refractivity contribution in [3.05, 3.63) is 65.2 Å². The van der Waals surface area contributed by atoms with E-state index in [0.717, 1.165) is 37.0 Å². The van der Waals surface area contributed by atoms with Crippen LogP contribution in [0.25, 0.3) is 10.8 Å². The second kappa shape index (κ2) is 7.78. The van der Waals surface area contributed by atoms with E-state index in [1.54, 1.807) is 0 Å². The van der Waals surface area contributed by atoms with Gasteiger partial charge in [-0.05, 0) is 65.8 Å². The van der Waals surface area contributed by atoms with Gasteiger partial charge in [0.25, 0.3) is 0 Å². The minimum absolute atomic E-state index is 0.0196. The van der Waals surface area contributed by atoms with E-state index in [2.05, 4.69) is 42.2 Å². The molecule has 4 aliphatic rings. The van der Waals surface area contributed by atoms with Crippen LogP contribution in [-0.2, 0) is 14.3 Å². The van der Waals surface area contributed by atoms with Crippen molar-refractivity contribution in [2.45, 2.75) is 57.2 Å². The van der Waals surface area contributed by atoms with Crippen molar-refractivity contribution in [3.63, 3.8) is 0 Å². The van der Waals surface area contributed by atoms with Gasteiger partial charge in [-0.2, -0.15) is 0 Å². The van der Waals surface area contributed by atoms with Crippen molar-refractivity contribution in [2.75, 3.05) is 13.7 Å². The van der Waals surface area contributed by atoms with Gasteiger partial charge >= 0.3 is 0 Å². The molecule has 0 radical (unpaired) electrons. The number of methoxy groups -OCH3 is 1. The number of pyridine rings is 1. The number of nitrogens with zero attached hydrogens (tertiary/aromatic N) is 1. The zero-order valence-corrected chi connectivity index (χ0v) is 19.4. The molecule has 5 nitrogen and oxygen atoms in total. The molecule has 0 saturated heterocycles. The molecule has 2 fully saturated rings. The molecule has 1 unspecified atom stereocenters. The lowest BCUT2D eigenvalue weighted by Gasteiger charge is -2.48. The number of rotatable bonds is 3. The molecule has 0 amide bonds. The van der Waals surface area contributed by atoms with Crippen LogP contribution < -0.4 is 5.73 Å². The maximum absolute atomic E-state index is 12.8. The number of allylic oxidation sites excluding steroid dienone is 3. The Morgan fingerprint density at radius 3 is 2.97 bits per heavy atom. The molecule has 0 spiro atoms. The number of carbonyl (C=O) groups is 1. The van der Waals surface area contributed by atoms with E-state index in [9.17, 15) is 4.79 Å². The average molecular weight is 445 g/mol. The number of hydrogen-bond donors (Lipinski definition) is 1. The molecule has 1 aromatic heterocycles. The van der Waals surface area contributed by atoms with Gasteiger partial charge < -0.3 is 15.2 Å². The fraction of sp³-hybridized carbons (Fsp3) is 0.500. The third-order valence-electron chi connectivity index (χ3n) is 8.93. The van der Waals surface area contributed by atoms with Crippen LogP contribution in [0.15, 0.2) is 59.6 Å². The summed E-state index contributed by atoms with van der Waals surface area (Å²) in [6.45, 7) is 2.96. The minimum Gasteiger partial charge on any atom is -0.489 e. The molecule has 2 N–H and O–H groups in total. The highest BCUT2D eigenvalue weighted by molar-refractivity contribution is 6.00. The first kappa shape index (κ1) is 21.1. The van der Waals surface area contributed by atoms with Crippen molar-refractivity contribution in [1.82, 2.24) is 4.98 Å². The molecule has 2 heterocycles. The summed E-state index contributed by atoms with van der Waals surface area (Å²) < 4.78 is 12.9. The Morgan fingerprint density at radius 2 is 2.15 bits per heavy atom. The maximum atomic E-state index is 12.8. The van der Waals surface area contributed by atoms with E-state index in [1.807, 2.05) is 19.5 Å². The summed E-state index contributed by atoms with van der Waals surface area (Å²) in [5.74, 6) is 1.87. The Balaban J connectivity index is 1.40. The third-order valence-corrected chi connectivity index (χ3v) is 8.93. The number of carbonyl (C=O) groups excluding carboxylic acids is 1. The van der Waals surface area contributed by atoms with Crippen molar-refractivity contribution < 1.29 is 14.3 Å². The summed E-state index contributed by atoms with van der Waals surface area (Å²) in [6.07, 6.45) is 10.4. The number of Topliss-reactive ketones (excluding diaryl/α,β-unsaturated/α-hetero) is 1. The summed E-state index contributed by atoms with van der Waals surface area (Å²) in [4.78, 5) is 17.1. The molecule has 2 aromatic rings. The quantitative estimate of drug-likeness (QED) is 0.745. The smallest absolute Gasteiger partial charge is 0.166 e. The number of hydrogen-bond acceptors (Lipinski definition) is 5. The number of ether oxygens (including phenoxy) is 2. The molecule has 6 rings (SSSR count). The van der Waals surface area contributed by atoms with E-state index < -0.39 is 0 Å². The number of fused-ring (bicyclic) bond motifs is 4. The van der Waals surface area contributed by atoms with Gasteiger partial charge in [-0.25, -0.2) is 0 Å². The van der Waals surface area contributed by atoms with Gasteiger partial charge in [0, 0.05) is 49.6 Å². The van der Waals surface area contributed by atoms with Crippen molar-refractivity contribution in [3.8, 4) is 0 Å². The molecule has 0 bridgehead atoms. The molecule has 6 atom stereocenters. The summed E-state index contributed by atoms with van der Waals surface area (Å²) in [5, 5.41) is 2.44. The number of aromatic nitrogens is 1. The largest absolute Gasteiger partial charge is 0.489 e. The van der Waals surface area contributed by atoms with Crippen LogP contribution in [0.3, 0.4) is 0 Å². The molecule has 1 aliphatic heterocycles. The molecular weight excluding hydrogens is 412 g/mol. The number of nitrogens with two attached hydrogens (primary N) is 1. The van der Waals surface area contributed by atoms with Gasteiger partial charge in [0.15, 0.2) is 5.78 Å². The monoisotopic (exact) mass is 444 g/mol. The minimum atomic E-state index is 0.0196. The zero-order chi connectivity index (χ0) is 22.7. The van der Waals surface area contributed by atoms with Crippen LogP contribution in [0.4, 0.5) is 0 Å². The van der Waals surface area contributed by atoms with Crippen LogP contribution in [0, 0.1) is 17.3 Å². The van der Waals surface area contributed by atoms with Gasteiger partial charge in [0.1, 0.15) is 11.9 Å². The lowest BCUT2D eigenvalue weighted by atomic mass is 9.60. The molecule has 3 aliphatic carbocycles. The molecule has 33 heavy (non-hydrogen) atoms. The second-order valence-corrected chi connectivity index (χ2v) is 10.6. The van der Waals surface area contributed by atoms with Gasteiger partial charge in [-0.1, -0.05) is 25.1 Å². The third kappa shape index (κ3) is 3.12. The van der Waals surface area contributed by atoms with Crippen LogP contribution in [0.2, 0.25) is 0 Å².